The van der Waals surface area contributed by atoms with Crippen LogP contribution in [0.25, 0.3) is 50.4 Å². The minimum absolute atomic E-state index is 0.887. The minimum atomic E-state index is 0.887. The Morgan fingerprint density at radius 3 is 1.12 bits per heavy atom. The number of hydrogen-bond donors (Lipinski definition) is 0. The van der Waals surface area contributed by atoms with E-state index < -0.39 is 0 Å². The highest BCUT2D eigenvalue weighted by Crippen LogP contribution is 2.41. The molecule has 0 fully saturated rings. The zero-order valence-corrected chi connectivity index (χ0v) is 32.4. The highest BCUT2D eigenvalue weighted by atomic mass is 15.1. The highest BCUT2D eigenvalue weighted by molar-refractivity contribution is 5.89. The van der Waals surface area contributed by atoms with Crippen molar-refractivity contribution in [2.45, 2.75) is 0 Å². The summed E-state index contributed by atoms with van der Waals surface area (Å²) in [7, 11) is 0. The molecular formula is C55H40N4. The summed E-state index contributed by atoms with van der Waals surface area (Å²) in [6.07, 6.45) is 0. The van der Waals surface area contributed by atoms with E-state index in [0.717, 1.165) is 84.5 Å². The molecule has 0 aliphatic carbocycles. The van der Waals surface area contributed by atoms with E-state index in [1.165, 1.54) is 0 Å². The molecule has 0 radical (unpaired) electrons. The van der Waals surface area contributed by atoms with Crippen LogP contribution in [0.1, 0.15) is 0 Å². The van der Waals surface area contributed by atoms with Crippen LogP contribution in [-0.2, 0) is 0 Å². The zero-order valence-electron chi connectivity index (χ0n) is 32.4. The van der Waals surface area contributed by atoms with Gasteiger partial charge in [0.05, 0.1) is 11.0 Å². The first kappa shape index (κ1) is 35.5. The molecule has 0 saturated heterocycles. The van der Waals surface area contributed by atoms with Crippen molar-refractivity contribution in [3.63, 3.8) is 0 Å². The third-order valence-corrected chi connectivity index (χ3v) is 10.7. The molecular weight excluding hydrogens is 717 g/mol. The molecule has 0 bridgehead atoms. The molecule has 59 heavy (non-hydrogen) atoms. The summed E-state index contributed by atoms with van der Waals surface area (Å²) in [6.45, 7) is 0. The van der Waals surface area contributed by atoms with E-state index >= 15 is 0 Å². The van der Waals surface area contributed by atoms with Crippen molar-refractivity contribution in [1.29, 1.82) is 0 Å². The third kappa shape index (κ3) is 7.16. The predicted molar refractivity (Wildman–Crippen MR) is 247 cm³/mol. The van der Waals surface area contributed by atoms with E-state index in [1.807, 2.05) is 0 Å². The van der Waals surface area contributed by atoms with Gasteiger partial charge in [0.25, 0.3) is 0 Å². The Kier molecular flexibility index (Phi) is 9.55. The second-order valence-electron chi connectivity index (χ2n) is 14.5. The van der Waals surface area contributed by atoms with Crippen molar-refractivity contribution in [3.8, 4) is 39.3 Å². The van der Waals surface area contributed by atoms with Crippen LogP contribution in [0.4, 0.5) is 34.1 Å². The molecule has 0 spiro atoms. The summed E-state index contributed by atoms with van der Waals surface area (Å²) in [5, 5.41) is 0. The topological polar surface area (TPSA) is 24.3 Å². The van der Waals surface area contributed by atoms with Crippen LogP contribution >= 0.6 is 0 Å². The number of fused-ring (bicyclic) bond motifs is 1. The maximum absolute atomic E-state index is 5.33. The number of para-hydroxylation sites is 7. The average molecular weight is 757 g/mol. The Bertz CT molecular complexity index is 2760. The Hall–Kier alpha value is -7.95. The monoisotopic (exact) mass is 756 g/mol. The summed E-state index contributed by atoms with van der Waals surface area (Å²) in [6, 6.07) is 85.8. The van der Waals surface area contributed by atoms with Gasteiger partial charge in [0.2, 0.25) is 0 Å². The predicted octanol–water partition coefficient (Wildman–Crippen LogP) is 15.0. The van der Waals surface area contributed by atoms with Crippen LogP contribution in [0.2, 0.25) is 0 Å². The van der Waals surface area contributed by atoms with Gasteiger partial charge in [-0.05, 0) is 138 Å². The van der Waals surface area contributed by atoms with E-state index in [9.17, 15) is 0 Å². The summed E-state index contributed by atoms with van der Waals surface area (Å²) in [5.74, 6) is 0.887. The zero-order chi connectivity index (χ0) is 39.4. The SMILES string of the molecule is c1ccc(N(c2ccccc2)c2cccc(-c3cc(-c4cccc(N(c5ccccc5)c5ccccc5)c4)cc(-c4nc5ccccc5n4-c4ccccc4)c3)c2)cc1. The van der Waals surface area contributed by atoms with Gasteiger partial charge in [-0.15, -0.1) is 0 Å². The molecule has 0 unspecified atom stereocenters. The van der Waals surface area contributed by atoms with Crippen LogP contribution in [0, 0.1) is 0 Å². The lowest BCUT2D eigenvalue weighted by Gasteiger charge is -2.26. The largest absolute Gasteiger partial charge is 0.310 e. The standard InChI is InChI=1S/C55H40N4/c1-6-22-46(23-7-1)57(47-24-8-2-9-25-47)51-32-18-20-41(39-51)43-36-44(38-45(37-43)55-56-53-34-16-17-35-54(53)59(55)50-30-14-5-15-31-50)42-21-19-33-52(40-42)58(48-26-10-3-11-27-48)49-28-12-4-13-29-49/h1-40H. The van der Waals surface area contributed by atoms with E-state index in [2.05, 4.69) is 257 Å². The molecule has 4 heteroatoms. The second kappa shape index (κ2) is 15.9. The molecule has 1 aromatic heterocycles. The van der Waals surface area contributed by atoms with E-state index in [-0.39, 0.29) is 0 Å². The number of rotatable bonds is 10. The van der Waals surface area contributed by atoms with Crippen LogP contribution in [-0.4, -0.2) is 9.55 Å². The van der Waals surface area contributed by atoms with Gasteiger partial charge in [-0.2, -0.15) is 0 Å². The fraction of sp³-hybridized carbons (Fsp3) is 0. The van der Waals surface area contributed by atoms with Crippen molar-refractivity contribution < 1.29 is 0 Å². The molecule has 9 aromatic carbocycles. The first-order valence-electron chi connectivity index (χ1n) is 20.0. The molecule has 280 valence electrons. The van der Waals surface area contributed by atoms with Crippen molar-refractivity contribution >= 4 is 45.2 Å². The fourth-order valence-electron chi connectivity index (χ4n) is 8.00. The quantitative estimate of drug-likeness (QED) is 0.139. The van der Waals surface area contributed by atoms with Crippen molar-refractivity contribution in [3.05, 3.63) is 243 Å². The number of imidazole rings is 1. The number of benzene rings is 9. The lowest BCUT2D eigenvalue weighted by Crippen LogP contribution is -2.09. The van der Waals surface area contributed by atoms with Crippen LogP contribution < -0.4 is 9.80 Å². The van der Waals surface area contributed by atoms with Crippen LogP contribution in [0.15, 0.2) is 243 Å². The molecule has 0 aliphatic heterocycles. The van der Waals surface area contributed by atoms with E-state index in [1.54, 1.807) is 0 Å². The average Bonchev–Trinajstić information content (AvgIpc) is 3.71. The van der Waals surface area contributed by atoms with E-state index in [4.69, 9.17) is 4.98 Å². The second-order valence-corrected chi connectivity index (χ2v) is 14.5. The van der Waals surface area contributed by atoms with Crippen molar-refractivity contribution in [2.24, 2.45) is 0 Å². The first-order valence-corrected chi connectivity index (χ1v) is 20.0. The Labute approximate surface area is 345 Å². The normalized spacial score (nSPS) is 11.1. The summed E-state index contributed by atoms with van der Waals surface area (Å²) in [4.78, 5) is 9.95. The number of aromatic nitrogens is 2. The fourth-order valence-corrected chi connectivity index (χ4v) is 8.00. The molecule has 0 amide bonds. The van der Waals surface area contributed by atoms with Crippen LogP contribution in [0.5, 0.6) is 0 Å². The van der Waals surface area contributed by atoms with Gasteiger partial charge in [-0.3, -0.25) is 4.57 Å². The minimum Gasteiger partial charge on any atom is -0.310 e. The van der Waals surface area contributed by atoms with Crippen molar-refractivity contribution in [2.75, 3.05) is 9.80 Å². The van der Waals surface area contributed by atoms with Gasteiger partial charge in [0, 0.05) is 45.4 Å². The Balaban J connectivity index is 1.18. The summed E-state index contributed by atoms with van der Waals surface area (Å²) < 4.78 is 2.28. The van der Waals surface area contributed by atoms with Gasteiger partial charge < -0.3 is 9.80 Å². The molecule has 1 heterocycles. The Morgan fingerprint density at radius 2 is 0.661 bits per heavy atom. The summed E-state index contributed by atoms with van der Waals surface area (Å²) >= 11 is 0. The summed E-state index contributed by atoms with van der Waals surface area (Å²) in [5.41, 5.74) is 15.1. The van der Waals surface area contributed by atoms with Gasteiger partial charge in [0.15, 0.2) is 0 Å². The smallest absolute Gasteiger partial charge is 0.145 e. The van der Waals surface area contributed by atoms with Crippen LogP contribution in [0.3, 0.4) is 0 Å². The third-order valence-electron chi connectivity index (χ3n) is 10.7. The maximum Gasteiger partial charge on any atom is 0.145 e. The van der Waals surface area contributed by atoms with Gasteiger partial charge in [-0.25, -0.2) is 4.98 Å². The molecule has 4 nitrogen and oxygen atoms in total. The van der Waals surface area contributed by atoms with E-state index in [0.29, 0.717) is 0 Å². The molecule has 0 saturated carbocycles. The number of nitrogens with zero attached hydrogens (tertiary/aromatic N) is 4. The molecule has 0 aliphatic rings. The van der Waals surface area contributed by atoms with Gasteiger partial charge >= 0.3 is 0 Å². The molecule has 0 atom stereocenters. The first-order chi connectivity index (χ1) is 29.3. The number of hydrogen-bond acceptors (Lipinski definition) is 3. The lowest BCUT2D eigenvalue weighted by molar-refractivity contribution is 1.10. The van der Waals surface area contributed by atoms with Gasteiger partial charge in [0.1, 0.15) is 5.82 Å². The Morgan fingerprint density at radius 1 is 0.288 bits per heavy atom. The van der Waals surface area contributed by atoms with Gasteiger partial charge in [-0.1, -0.05) is 127 Å². The van der Waals surface area contributed by atoms with Crippen molar-refractivity contribution in [1.82, 2.24) is 9.55 Å². The lowest BCUT2D eigenvalue weighted by atomic mass is 9.95. The maximum atomic E-state index is 5.33. The number of anilines is 6. The molecule has 0 N–H and O–H groups in total. The molecule has 10 aromatic rings. The highest BCUT2D eigenvalue weighted by Gasteiger charge is 2.19. The molecule has 10 rings (SSSR count).